The first-order chi connectivity index (χ1) is 15.8. The van der Waals surface area contributed by atoms with Gasteiger partial charge in [0.05, 0.1) is 30.3 Å². The SMILES string of the molecule is COc1cc2c(cc1-c1c(C)noc1C)[nH]c1nc(C)nc(Cc3c(C(C)C)cnn3C)c12. The van der Waals surface area contributed by atoms with Crippen LogP contribution < -0.4 is 4.74 Å². The fraction of sp³-hybridized carbons (Fsp3) is 0.360. The molecule has 0 atom stereocenters. The van der Waals surface area contributed by atoms with Crippen LogP contribution in [0.1, 0.15) is 54.0 Å². The number of methoxy groups -OCH3 is 1. The maximum Gasteiger partial charge on any atom is 0.142 e. The molecule has 8 heteroatoms. The minimum absolute atomic E-state index is 0.382. The number of nitrogens with one attached hydrogen (secondary N) is 1. The number of aromatic nitrogens is 6. The Morgan fingerprint density at radius 1 is 1.15 bits per heavy atom. The highest BCUT2D eigenvalue weighted by Gasteiger charge is 2.22. The summed E-state index contributed by atoms with van der Waals surface area (Å²) in [6.45, 7) is 10.2. The van der Waals surface area contributed by atoms with Crippen LogP contribution in [0.25, 0.3) is 33.1 Å². The van der Waals surface area contributed by atoms with Gasteiger partial charge in [-0.05, 0) is 44.4 Å². The summed E-state index contributed by atoms with van der Waals surface area (Å²) in [5.74, 6) is 2.63. The minimum Gasteiger partial charge on any atom is -0.496 e. The summed E-state index contributed by atoms with van der Waals surface area (Å²) in [6.07, 6.45) is 2.63. The lowest BCUT2D eigenvalue weighted by atomic mass is 9.98. The molecule has 5 aromatic rings. The van der Waals surface area contributed by atoms with Crippen LogP contribution >= 0.6 is 0 Å². The predicted molar refractivity (Wildman–Crippen MR) is 128 cm³/mol. The Morgan fingerprint density at radius 2 is 1.94 bits per heavy atom. The molecule has 1 aromatic carbocycles. The molecular formula is C25H28N6O2. The molecule has 0 unspecified atom stereocenters. The molecule has 1 N–H and O–H groups in total. The van der Waals surface area contributed by atoms with Crippen molar-refractivity contribution in [2.24, 2.45) is 7.05 Å². The van der Waals surface area contributed by atoms with E-state index < -0.39 is 0 Å². The minimum atomic E-state index is 0.382. The molecule has 33 heavy (non-hydrogen) atoms. The van der Waals surface area contributed by atoms with Crippen LogP contribution in [0.5, 0.6) is 5.75 Å². The van der Waals surface area contributed by atoms with Crippen LogP contribution in [-0.2, 0) is 13.5 Å². The van der Waals surface area contributed by atoms with Crippen LogP contribution in [-0.4, -0.2) is 37.0 Å². The average Bonchev–Trinajstić information content (AvgIpc) is 3.41. The van der Waals surface area contributed by atoms with E-state index in [0.29, 0.717) is 12.3 Å². The smallest absolute Gasteiger partial charge is 0.142 e. The van der Waals surface area contributed by atoms with E-state index in [-0.39, 0.29) is 0 Å². The fourth-order valence-electron chi connectivity index (χ4n) is 4.72. The molecule has 0 saturated carbocycles. The molecule has 0 aliphatic heterocycles. The number of fused-ring (bicyclic) bond motifs is 3. The number of aryl methyl sites for hydroxylation is 4. The highest BCUT2D eigenvalue weighted by molar-refractivity contribution is 6.09. The second-order valence-electron chi connectivity index (χ2n) is 8.87. The monoisotopic (exact) mass is 444 g/mol. The van der Waals surface area contributed by atoms with Crippen molar-refractivity contribution in [1.29, 1.82) is 0 Å². The van der Waals surface area contributed by atoms with Gasteiger partial charge in [0.25, 0.3) is 0 Å². The summed E-state index contributed by atoms with van der Waals surface area (Å²) in [6, 6.07) is 4.15. The number of aromatic amines is 1. The van der Waals surface area contributed by atoms with E-state index in [1.54, 1.807) is 7.11 Å². The van der Waals surface area contributed by atoms with Crippen LogP contribution in [0, 0.1) is 20.8 Å². The third-order valence-electron chi connectivity index (χ3n) is 6.31. The molecule has 0 aliphatic carbocycles. The highest BCUT2D eigenvalue weighted by atomic mass is 16.5. The highest BCUT2D eigenvalue weighted by Crippen LogP contribution is 2.40. The lowest BCUT2D eigenvalue weighted by Gasteiger charge is -2.11. The Morgan fingerprint density at radius 3 is 2.61 bits per heavy atom. The molecule has 170 valence electrons. The second kappa shape index (κ2) is 7.72. The number of ether oxygens (including phenoxy) is 1. The molecule has 4 heterocycles. The summed E-state index contributed by atoms with van der Waals surface area (Å²) in [5.41, 5.74) is 7.88. The van der Waals surface area contributed by atoms with E-state index >= 15 is 0 Å². The zero-order valence-corrected chi connectivity index (χ0v) is 20.1. The largest absolute Gasteiger partial charge is 0.496 e. The van der Waals surface area contributed by atoms with Gasteiger partial charge >= 0.3 is 0 Å². The van der Waals surface area contributed by atoms with Crippen molar-refractivity contribution < 1.29 is 9.26 Å². The van der Waals surface area contributed by atoms with Gasteiger partial charge in [0, 0.05) is 41.0 Å². The van der Waals surface area contributed by atoms with Crippen molar-refractivity contribution in [1.82, 2.24) is 29.9 Å². The topological polar surface area (TPSA) is 94.7 Å². The molecule has 0 fully saturated rings. The summed E-state index contributed by atoms with van der Waals surface area (Å²) < 4.78 is 13.2. The van der Waals surface area contributed by atoms with E-state index in [0.717, 1.165) is 67.5 Å². The Labute approximate surface area is 192 Å². The van der Waals surface area contributed by atoms with E-state index in [9.17, 15) is 0 Å². The summed E-state index contributed by atoms with van der Waals surface area (Å²) in [7, 11) is 3.67. The molecule has 0 bridgehead atoms. The lowest BCUT2D eigenvalue weighted by molar-refractivity contribution is 0.393. The molecule has 0 spiro atoms. The zero-order valence-electron chi connectivity index (χ0n) is 20.1. The number of hydrogen-bond acceptors (Lipinski definition) is 6. The normalized spacial score (nSPS) is 11.9. The molecule has 4 aromatic heterocycles. The van der Waals surface area contributed by atoms with Gasteiger partial charge in [-0.25, -0.2) is 9.97 Å². The zero-order chi connectivity index (χ0) is 23.4. The third-order valence-corrected chi connectivity index (χ3v) is 6.31. The number of H-pyrrole nitrogens is 1. The van der Waals surface area contributed by atoms with Gasteiger partial charge in [0.1, 0.15) is 23.0 Å². The predicted octanol–water partition coefficient (Wildman–Crippen LogP) is 5.15. The van der Waals surface area contributed by atoms with Crippen molar-refractivity contribution in [3.8, 4) is 16.9 Å². The Hall–Kier alpha value is -3.68. The second-order valence-corrected chi connectivity index (χ2v) is 8.87. The van der Waals surface area contributed by atoms with Crippen LogP contribution in [0.4, 0.5) is 0 Å². The summed E-state index contributed by atoms with van der Waals surface area (Å²) in [4.78, 5) is 13.1. The van der Waals surface area contributed by atoms with E-state index in [2.05, 4.69) is 41.2 Å². The fourth-order valence-corrected chi connectivity index (χ4v) is 4.72. The molecule has 8 nitrogen and oxygen atoms in total. The molecule has 5 rings (SSSR count). The van der Waals surface area contributed by atoms with Crippen LogP contribution in [0.2, 0.25) is 0 Å². The average molecular weight is 445 g/mol. The Kier molecular flexibility index (Phi) is 4.96. The van der Waals surface area contributed by atoms with E-state index in [4.69, 9.17) is 19.2 Å². The molecule has 0 radical (unpaired) electrons. The van der Waals surface area contributed by atoms with E-state index in [1.165, 1.54) is 5.56 Å². The first-order valence-electron chi connectivity index (χ1n) is 11.1. The van der Waals surface area contributed by atoms with Crippen molar-refractivity contribution in [3.05, 3.63) is 52.6 Å². The number of nitrogens with zero attached hydrogens (tertiary/aromatic N) is 5. The van der Waals surface area contributed by atoms with Gasteiger partial charge in [-0.1, -0.05) is 19.0 Å². The first-order valence-corrected chi connectivity index (χ1v) is 11.1. The van der Waals surface area contributed by atoms with Gasteiger partial charge in [-0.2, -0.15) is 5.10 Å². The van der Waals surface area contributed by atoms with Crippen LogP contribution in [0.15, 0.2) is 22.9 Å². The lowest BCUT2D eigenvalue weighted by Crippen LogP contribution is -2.06. The number of benzene rings is 1. The number of rotatable bonds is 5. The van der Waals surface area contributed by atoms with Crippen molar-refractivity contribution >= 4 is 21.9 Å². The molecule has 0 amide bonds. The van der Waals surface area contributed by atoms with Crippen molar-refractivity contribution in [2.45, 2.75) is 47.0 Å². The third kappa shape index (κ3) is 3.37. The standard InChI is InChI=1S/C25H28N6O2/c1-12(2)18-11-26-31(6)21(18)10-20-24-16-9-22(32-7)17(23-13(3)30-33-14(23)4)8-19(16)29-25(24)28-15(5)27-20/h8-9,11-12H,10H2,1-7H3,(H,27,28,29). The maximum atomic E-state index is 5.81. The molecular weight excluding hydrogens is 416 g/mol. The summed E-state index contributed by atoms with van der Waals surface area (Å²) in [5, 5.41) is 10.7. The first kappa shape index (κ1) is 21.2. The van der Waals surface area contributed by atoms with Gasteiger partial charge < -0.3 is 14.2 Å². The maximum absolute atomic E-state index is 5.81. The van der Waals surface area contributed by atoms with Crippen molar-refractivity contribution in [3.63, 3.8) is 0 Å². The van der Waals surface area contributed by atoms with Gasteiger partial charge in [0.15, 0.2) is 0 Å². The molecule has 0 aliphatic rings. The Balaban J connectivity index is 1.76. The van der Waals surface area contributed by atoms with Gasteiger partial charge in [-0.3, -0.25) is 4.68 Å². The Bertz CT molecular complexity index is 1490. The number of hydrogen-bond donors (Lipinski definition) is 1. The quantitative estimate of drug-likeness (QED) is 0.403. The van der Waals surface area contributed by atoms with Gasteiger partial charge in [0.2, 0.25) is 0 Å². The molecule has 0 saturated heterocycles. The van der Waals surface area contributed by atoms with E-state index in [1.807, 2.05) is 38.7 Å². The van der Waals surface area contributed by atoms with Gasteiger partial charge in [-0.15, -0.1) is 0 Å². The summed E-state index contributed by atoms with van der Waals surface area (Å²) >= 11 is 0. The van der Waals surface area contributed by atoms with Crippen molar-refractivity contribution in [2.75, 3.05) is 7.11 Å². The van der Waals surface area contributed by atoms with Crippen LogP contribution in [0.3, 0.4) is 0 Å².